The first kappa shape index (κ1) is 18.0. The summed E-state index contributed by atoms with van der Waals surface area (Å²) in [5.74, 6) is -0.466. The van der Waals surface area contributed by atoms with Crippen LogP contribution in [0.15, 0.2) is 57.7 Å². The Morgan fingerprint density at radius 2 is 1.81 bits per heavy atom. The van der Waals surface area contributed by atoms with E-state index in [4.69, 9.17) is 25.5 Å². The van der Waals surface area contributed by atoms with Crippen LogP contribution in [0, 0.1) is 0 Å². The molecule has 134 valence electrons. The topological polar surface area (TPSA) is 65.7 Å². The monoisotopic (exact) mass is 372 g/mol. The lowest BCUT2D eigenvalue weighted by molar-refractivity contribution is -0.149. The zero-order chi connectivity index (χ0) is 18.7. The molecule has 0 fully saturated rings. The Bertz CT molecular complexity index is 1010. The van der Waals surface area contributed by atoms with Crippen molar-refractivity contribution in [2.45, 2.75) is 20.0 Å². The van der Waals surface area contributed by atoms with Gasteiger partial charge in [-0.1, -0.05) is 35.9 Å². The molecule has 2 aromatic carbocycles. The van der Waals surface area contributed by atoms with Crippen LogP contribution in [0.1, 0.15) is 13.8 Å². The molecule has 3 rings (SSSR count). The van der Waals surface area contributed by atoms with Gasteiger partial charge in [0.25, 0.3) is 0 Å². The molecule has 0 radical (unpaired) electrons. The van der Waals surface area contributed by atoms with Gasteiger partial charge in [-0.2, -0.15) is 0 Å². The van der Waals surface area contributed by atoms with E-state index in [1.54, 1.807) is 62.4 Å². The fraction of sp³-hybridized carbons (Fsp3) is 0.200. The summed E-state index contributed by atoms with van der Waals surface area (Å²) in [4.78, 5) is 24.7. The molecule has 0 saturated carbocycles. The molecule has 6 heteroatoms. The van der Waals surface area contributed by atoms with Crippen molar-refractivity contribution in [2.75, 3.05) is 6.61 Å². The number of rotatable bonds is 5. The fourth-order valence-corrected chi connectivity index (χ4v) is 2.73. The highest BCUT2D eigenvalue weighted by atomic mass is 35.5. The highest BCUT2D eigenvalue weighted by molar-refractivity contribution is 6.33. The number of halogens is 1. The van der Waals surface area contributed by atoms with Crippen molar-refractivity contribution in [3.8, 4) is 17.1 Å². The predicted molar refractivity (Wildman–Crippen MR) is 99.7 cm³/mol. The van der Waals surface area contributed by atoms with Crippen LogP contribution in [-0.2, 0) is 9.53 Å². The normalized spacial score (nSPS) is 10.9. The maximum atomic E-state index is 12.9. The van der Waals surface area contributed by atoms with Crippen LogP contribution in [0.2, 0.25) is 5.02 Å². The zero-order valence-electron chi connectivity index (χ0n) is 14.3. The highest BCUT2D eigenvalue weighted by Crippen LogP contribution is 2.35. The van der Waals surface area contributed by atoms with Crippen molar-refractivity contribution in [1.29, 1.82) is 0 Å². The maximum Gasteiger partial charge on any atom is 0.344 e. The number of para-hydroxylation sites is 1. The first-order chi connectivity index (χ1) is 12.5. The van der Waals surface area contributed by atoms with Gasteiger partial charge in [-0.3, -0.25) is 4.79 Å². The van der Waals surface area contributed by atoms with Crippen LogP contribution >= 0.6 is 11.6 Å². The van der Waals surface area contributed by atoms with Gasteiger partial charge in [0.2, 0.25) is 11.2 Å². The number of carbonyl (C=O) groups is 1. The van der Waals surface area contributed by atoms with Crippen molar-refractivity contribution in [2.24, 2.45) is 0 Å². The second-order valence-corrected chi connectivity index (χ2v) is 6.30. The van der Waals surface area contributed by atoms with E-state index < -0.39 is 12.6 Å². The van der Waals surface area contributed by atoms with Crippen LogP contribution in [0.25, 0.3) is 22.3 Å². The second-order valence-electron chi connectivity index (χ2n) is 5.89. The number of ether oxygens (including phenoxy) is 2. The standard InChI is InChI=1S/C20H17ClO5/c1-12(2)25-17(22)11-24-20-18(23)14-8-4-6-10-16(14)26-19(20)13-7-3-5-9-15(13)21/h3-10,12H,11H2,1-2H3. The molecule has 0 saturated heterocycles. The lowest BCUT2D eigenvalue weighted by atomic mass is 10.1. The molecular weight excluding hydrogens is 356 g/mol. The van der Waals surface area contributed by atoms with Crippen LogP contribution in [-0.4, -0.2) is 18.7 Å². The molecule has 3 aromatic rings. The van der Waals surface area contributed by atoms with Gasteiger partial charge >= 0.3 is 5.97 Å². The average Bonchev–Trinajstić information content (AvgIpc) is 2.61. The number of benzene rings is 2. The molecular formula is C20H17ClO5. The molecule has 5 nitrogen and oxygen atoms in total. The maximum absolute atomic E-state index is 12.9. The van der Waals surface area contributed by atoms with E-state index in [1.807, 2.05) is 0 Å². The van der Waals surface area contributed by atoms with Crippen molar-refractivity contribution < 1.29 is 18.7 Å². The smallest absolute Gasteiger partial charge is 0.344 e. The minimum Gasteiger partial charge on any atom is -0.474 e. The van der Waals surface area contributed by atoms with Gasteiger partial charge in [0.15, 0.2) is 12.4 Å². The van der Waals surface area contributed by atoms with Crippen molar-refractivity contribution in [1.82, 2.24) is 0 Å². The third kappa shape index (κ3) is 3.73. The molecule has 0 aliphatic heterocycles. The van der Waals surface area contributed by atoms with E-state index in [0.29, 0.717) is 21.6 Å². The van der Waals surface area contributed by atoms with Crippen molar-refractivity contribution in [3.63, 3.8) is 0 Å². The Labute approximate surface area is 155 Å². The molecule has 0 atom stereocenters. The number of hydrogen-bond donors (Lipinski definition) is 0. The Balaban J connectivity index is 2.11. The lowest BCUT2D eigenvalue weighted by Crippen LogP contribution is -2.21. The van der Waals surface area contributed by atoms with Crippen molar-refractivity contribution >= 4 is 28.5 Å². The molecule has 1 heterocycles. The fourth-order valence-electron chi connectivity index (χ4n) is 2.51. The molecule has 1 aromatic heterocycles. The van der Waals surface area contributed by atoms with Crippen LogP contribution in [0.3, 0.4) is 0 Å². The van der Waals surface area contributed by atoms with Gasteiger partial charge in [0.05, 0.1) is 16.5 Å². The van der Waals surface area contributed by atoms with Gasteiger partial charge in [0, 0.05) is 5.56 Å². The summed E-state index contributed by atoms with van der Waals surface area (Å²) in [7, 11) is 0. The molecule has 0 unspecified atom stereocenters. The lowest BCUT2D eigenvalue weighted by Gasteiger charge is -2.13. The molecule has 0 bridgehead atoms. The number of carbonyl (C=O) groups excluding carboxylic acids is 1. The summed E-state index contributed by atoms with van der Waals surface area (Å²) in [5, 5.41) is 0.760. The molecule has 26 heavy (non-hydrogen) atoms. The van der Waals surface area contributed by atoms with E-state index in [9.17, 15) is 9.59 Å². The highest BCUT2D eigenvalue weighted by Gasteiger charge is 2.20. The Morgan fingerprint density at radius 1 is 1.12 bits per heavy atom. The van der Waals surface area contributed by atoms with Gasteiger partial charge in [-0.25, -0.2) is 4.79 Å². The van der Waals surface area contributed by atoms with Gasteiger partial charge < -0.3 is 13.9 Å². The number of hydrogen-bond acceptors (Lipinski definition) is 5. The number of fused-ring (bicyclic) bond motifs is 1. The van der Waals surface area contributed by atoms with Crippen LogP contribution in [0.5, 0.6) is 5.75 Å². The first-order valence-corrected chi connectivity index (χ1v) is 8.48. The zero-order valence-corrected chi connectivity index (χ0v) is 15.1. The van der Waals surface area contributed by atoms with Crippen LogP contribution in [0.4, 0.5) is 0 Å². The Kier molecular flexibility index (Phi) is 5.28. The first-order valence-electron chi connectivity index (χ1n) is 8.10. The van der Waals surface area contributed by atoms with Crippen LogP contribution < -0.4 is 10.2 Å². The SMILES string of the molecule is CC(C)OC(=O)COc1c(-c2ccccc2Cl)oc2ccccc2c1=O. The predicted octanol–water partition coefficient (Wildman–Crippen LogP) is 4.44. The summed E-state index contributed by atoms with van der Waals surface area (Å²) >= 11 is 6.26. The van der Waals surface area contributed by atoms with E-state index in [2.05, 4.69) is 0 Å². The molecule has 0 aliphatic rings. The summed E-state index contributed by atoms with van der Waals surface area (Å²) < 4.78 is 16.4. The van der Waals surface area contributed by atoms with E-state index in [0.717, 1.165) is 0 Å². The number of esters is 1. The molecule has 0 N–H and O–H groups in total. The van der Waals surface area contributed by atoms with Crippen molar-refractivity contribution in [3.05, 3.63) is 63.8 Å². The molecule has 0 spiro atoms. The summed E-state index contributed by atoms with van der Waals surface area (Å²) in [6, 6.07) is 13.8. The molecule has 0 amide bonds. The largest absolute Gasteiger partial charge is 0.474 e. The average molecular weight is 373 g/mol. The minimum absolute atomic E-state index is 0.0718. The molecule has 0 aliphatic carbocycles. The quantitative estimate of drug-likeness (QED) is 0.619. The minimum atomic E-state index is -0.572. The van der Waals surface area contributed by atoms with Gasteiger partial charge in [-0.05, 0) is 38.1 Å². The van der Waals surface area contributed by atoms with Gasteiger partial charge in [-0.15, -0.1) is 0 Å². The van der Waals surface area contributed by atoms with E-state index in [-0.39, 0.29) is 23.0 Å². The van der Waals surface area contributed by atoms with Gasteiger partial charge in [0.1, 0.15) is 5.58 Å². The third-order valence-corrected chi connectivity index (χ3v) is 3.91. The second kappa shape index (κ2) is 7.62. The Hall–Kier alpha value is -2.79. The summed E-state index contributed by atoms with van der Waals surface area (Å²) in [5.41, 5.74) is 0.535. The van der Waals surface area contributed by atoms with E-state index in [1.165, 1.54) is 0 Å². The van der Waals surface area contributed by atoms with E-state index >= 15 is 0 Å². The summed E-state index contributed by atoms with van der Waals surface area (Å²) in [6.07, 6.45) is -0.276. The summed E-state index contributed by atoms with van der Waals surface area (Å²) in [6.45, 7) is 3.06. The third-order valence-electron chi connectivity index (χ3n) is 3.58. The Morgan fingerprint density at radius 3 is 2.54 bits per heavy atom.